The Hall–Kier alpha value is -2.69. The van der Waals surface area contributed by atoms with Crippen LogP contribution in [0.25, 0.3) is 11.1 Å². The van der Waals surface area contributed by atoms with E-state index >= 15 is 0 Å². The van der Waals surface area contributed by atoms with Crippen molar-refractivity contribution in [2.45, 2.75) is 43.4 Å². The van der Waals surface area contributed by atoms with Crippen molar-refractivity contribution < 1.29 is 4.79 Å². The fourth-order valence-electron chi connectivity index (χ4n) is 6.15. The van der Waals surface area contributed by atoms with E-state index in [4.69, 9.17) is 0 Å². The molecule has 6 rings (SSSR count). The van der Waals surface area contributed by atoms with Crippen molar-refractivity contribution in [1.82, 2.24) is 15.5 Å². The molecule has 2 aromatic rings. The lowest BCUT2D eigenvalue weighted by Gasteiger charge is -2.40. The smallest absolute Gasteiger partial charge is 0.230 e. The molecule has 2 heterocycles. The minimum Gasteiger partial charge on any atom is -0.331 e. The molecule has 4 nitrogen and oxygen atoms in total. The molecule has 0 spiro atoms. The van der Waals surface area contributed by atoms with E-state index in [0.717, 1.165) is 25.9 Å². The maximum Gasteiger partial charge on any atom is 0.230 e. The molecule has 6 atom stereocenters. The van der Waals surface area contributed by atoms with Gasteiger partial charge in [0.1, 0.15) is 0 Å². The molecule has 1 saturated carbocycles. The second-order valence-corrected chi connectivity index (χ2v) is 9.32. The minimum atomic E-state index is -0.0313. The van der Waals surface area contributed by atoms with Crippen LogP contribution in [-0.4, -0.2) is 35.6 Å². The molecular weight excluding hydrogens is 382 g/mol. The Bertz CT molecular complexity index is 1010. The highest BCUT2D eigenvalue weighted by molar-refractivity contribution is 5.85. The molecular formula is C27H29N3O. The number of allylic oxidation sites excluding steroid dienone is 2. The third kappa shape index (κ3) is 3.26. The first kappa shape index (κ1) is 19.0. The topological polar surface area (TPSA) is 44.4 Å². The van der Waals surface area contributed by atoms with E-state index in [2.05, 4.69) is 82.3 Å². The quantitative estimate of drug-likeness (QED) is 0.801. The van der Waals surface area contributed by atoms with E-state index in [-0.39, 0.29) is 17.9 Å². The molecule has 4 aliphatic rings. The zero-order valence-electron chi connectivity index (χ0n) is 17.7. The molecule has 0 aromatic heterocycles. The van der Waals surface area contributed by atoms with Gasteiger partial charge in [0.15, 0.2) is 0 Å². The maximum absolute atomic E-state index is 13.6. The van der Waals surface area contributed by atoms with Crippen LogP contribution in [0.15, 0.2) is 78.9 Å². The molecule has 0 bridgehead atoms. The van der Waals surface area contributed by atoms with E-state index < -0.39 is 0 Å². The summed E-state index contributed by atoms with van der Waals surface area (Å²) in [7, 11) is 0. The van der Waals surface area contributed by atoms with Gasteiger partial charge in [-0.3, -0.25) is 4.79 Å². The third-order valence-corrected chi connectivity index (χ3v) is 7.69. The number of hydrogen-bond donors (Lipinski definition) is 2. The monoisotopic (exact) mass is 411 g/mol. The van der Waals surface area contributed by atoms with E-state index in [1.165, 1.54) is 16.7 Å². The molecule has 31 heavy (non-hydrogen) atoms. The van der Waals surface area contributed by atoms with Crippen LogP contribution in [0.4, 0.5) is 0 Å². The number of carbonyl (C=O) groups excluding carboxylic acids is 1. The number of fused-ring (bicyclic) bond motifs is 2. The predicted molar refractivity (Wildman–Crippen MR) is 123 cm³/mol. The van der Waals surface area contributed by atoms with E-state index in [0.29, 0.717) is 24.0 Å². The summed E-state index contributed by atoms with van der Waals surface area (Å²) >= 11 is 0. The Morgan fingerprint density at radius 2 is 1.55 bits per heavy atom. The van der Waals surface area contributed by atoms with Crippen molar-refractivity contribution in [2.75, 3.05) is 6.67 Å². The van der Waals surface area contributed by atoms with Gasteiger partial charge in [-0.2, -0.15) is 0 Å². The van der Waals surface area contributed by atoms with Crippen LogP contribution in [0.2, 0.25) is 0 Å². The van der Waals surface area contributed by atoms with E-state index in [9.17, 15) is 4.79 Å². The second kappa shape index (κ2) is 7.77. The number of nitrogens with zero attached hydrogens (tertiary/aromatic N) is 1. The first-order chi connectivity index (χ1) is 15.3. The molecule has 2 N–H and O–H groups in total. The van der Waals surface area contributed by atoms with Gasteiger partial charge in [-0.15, -0.1) is 0 Å². The van der Waals surface area contributed by atoms with Crippen LogP contribution in [0.5, 0.6) is 0 Å². The summed E-state index contributed by atoms with van der Waals surface area (Å²) in [6, 6.07) is 20.8. The first-order valence-corrected chi connectivity index (χ1v) is 11.6. The standard InChI is InChI=1S/C27H29N3O/c31-27-23-9-5-4-8-22(23)26(30(27)21-14-15-24-25(16-21)29-17-28-24)20-12-10-19(11-13-20)18-6-2-1-3-7-18/h1-13,21-26,28-29H,14-17H2. The Labute approximate surface area is 184 Å². The van der Waals surface area contributed by atoms with Gasteiger partial charge in [0, 0.05) is 30.7 Å². The van der Waals surface area contributed by atoms with E-state index in [1.807, 2.05) is 12.1 Å². The zero-order valence-corrected chi connectivity index (χ0v) is 17.7. The number of likely N-dealkylation sites (tertiary alicyclic amines) is 1. The number of amides is 1. The van der Waals surface area contributed by atoms with Crippen LogP contribution in [-0.2, 0) is 4.79 Å². The number of rotatable bonds is 3. The second-order valence-electron chi connectivity index (χ2n) is 9.32. The molecule has 3 fully saturated rings. The van der Waals surface area contributed by atoms with Gasteiger partial charge in [-0.1, -0.05) is 78.9 Å². The van der Waals surface area contributed by atoms with Gasteiger partial charge in [0.2, 0.25) is 5.91 Å². The third-order valence-electron chi connectivity index (χ3n) is 7.69. The highest BCUT2D eigenvalue weighted by Gasteiger charge is 2.50. The van der Waals surface area contributed by atoms with Crippen LogP contribution < -0.4 is 10.6 Å². The highest BCUT2D eigenvalue weighted by atomic mass is 16.2. The molecule has 1 amide bonds. The molecule has 4 heteroatoms. The molecule has 2 aromatic carbocycles. The van der Waals surface area contributed by atoms with E-state index in [1.54, 1.807) is 0 Å². The lowest BCUT2D eigenvalue weighted by molar-refractivity contribution is -0.134. The van der Waals surface area contributed by atoms with Crippen LogP contribution >= 0.6 is 0 Å². The van der Waals surface area contributed by atoms with Gasteiger partial charge < -0.3 is 15.5 Å². The number of carbonyl (C=O) groups is 1. The zero-order chi connectivity index (χ0) is 20.8. The Morgan fingerprint density at radius 3 is 2.39 bits per heavy atom. The summed E-state index contributed by atoms with van der Waals surface area (Å²) in [6.45, 7) is 0.886. The summed E-state index contributed by atoms with van der Waals surface area (Å²) in [4.78, 5) is 15.9. The van der Waals surface area contributed by atoms with Crippen molar-refractivity contribution >= 4 is 5.91 Å². The fraction of sp³-hybridized carbons (Fsp3) is 0.370. The summed E-state index contributed by atoms with van der Waals surface area (Å²) in [5.74, 6) is 0.487. The summed E-state index contributed by atoms with van der Waals surface area (Å²) in [5.41, 5.74) is 3.70. The Balaban J connectivity index is 1.34. The summed E-state index contributed by atoms with van der Waals surface area (Å²) < 4.78 is 0. The van der Waals surface area contributed by atoms with Crippen molar-refractivity contribution in [3.8, 4) is 11.1 Å². The maximum atomic E-state index is 13.6. The number of benzene rings is 2. The normalized spacial score (nSPS) is 34.1. The van der Waals surface area contributed by atoms with Gasteiger partial charge >= 0.3 is 0 Å². The van der Waals surface area contributed by atoms with Gasteiger partial charge in [0.25, 0.3) is 0 Å². The first-order valence-electron chi connectivity index (χ1n) is 11.6. The van der Waals surface area contributed by atoms with Crippen molar-refractivity contribution in [1.29, 1.82) is 0 Å². The van der Waals surface area contributed by atoms with Crippen LogP contribution in [0, 0.1) is 11.8 Å². The molecule has 6 unspecified atom stereocenters. The Morgan fingerprint density at radius 1 is 0.806 bits per heavy atom. The Kier molecular flexibility index (Phi) is 4.77. The SMILES string of the molecule is O=C1C2C=CC=CC2C(c2ccc(-c3ccccc3)cc2)N1C1CCC2NCNC2C1. The minimum absolute atomic E-state index is 0.0313. The van der Waals surface area contributed by atoms with Crippen molar-refractivity contribution in [2.24, 2.45) is 11.8 Å². The lowest BCUT2D eigenvalue weighted by atomic mass is 9.82. The largest absolute Gasteiger partial charge is 0.331 e. The molecule has 2 aliphatic heterocycles. The lowest BCUT2D eigenvalue weighted by Crippen LogP contribution is -2.49. The fourth-order valence-corrected chi connectivity index (χ4v) is 6.15. The molecule has 0 radical (unpaired) electrons. The molecule has 158 valence electrons. The molecule has 2 saturated heterocycles. The summed E-state index contributed by atoms with van der Waals surface area (Å²) in [6.07, 6.45) is 11.8. The van der Waals surface area contributed by atoms with Gasteiger partial charge in [-0.25, -0.2) is 0 Å². The van der Waals surface area contributed by atoms with Gasteiger partial charge in [0.05, 0.1) is 12.0 Å². The average Bonchev–Trinajstić information content (AvgIpc) is 3.42. The molecule has 2 aliphatic carbocycles. The summed E-state index contributed by atoms with van der Waals surface area (Å²) in [5, 5.41) is 7.15. The van der Waals surface area contributed by atoms with Crippen molar-refractivity contribution in [3.63, 3.8) is 0 Å². The predicted octanol–water partition coefficient (Wildman–Crippen LogP) is 4.04. The highest BCUT2D eigenvalue weighted by Crippen LogP contribution is 2.47. The van der Waals surface area contributed by atoms with Crippen LogP contribution in [0.3, 0.4) is 0 Å². The number of hydrogen-bond acceptors (Lipinski definition) is 3. The van der Waals surface area contributed by atoms with Crippen LogP contribution in [0.1, 0.15) is 30.9 Å². The van der Waals surface area contributed by atoms with Gasteiger partial charge in [-0.05, 0) is 36.0 Å². The number of nitrogens with one attached hydrogen (secondary N) is 2. The van der Waals surface area contributed by atoms with Crippen molar-refractivity contribution in [3.05, 3.63) is 84.5 Å². The average molecular weight is 412 g/mol.